The summed E-state index contributed by atoms with van der Waals surface area (Å²) in [4.78, 5) is 24.8. The quantitative estimate of drug-likeness (QED) is 0.694. The minimum absolute atomic E-state index is 0.174. The maximum absolute atomic E-state index is 12.5. The first-order valence-electron chi connectivity index (χ1n) is 9.21. The highest BCUT2D eigenvalue weighted by Crippen LogP contribution is 2.18. The topological polar surface area (TPSA) is 76.0 Å². The molecule has 0 aliphatic carbocycles. The molecule has 0 saturated carbocycles. The van der Waals surface area contributed by atoms with Crippen LogP contribution in [0.3, 0.4) is 0 Å². The fraction of sp³-hybridized carbons (Fsp3) is 0.227. The molecule has 28 heavy (non-hydrogen) atoms. The molecule has 0 radical (unpaired) electrons. The van der Waals surface area contributed by atoms with Gasteiger partial charge in [-0.15, -0.1) is 0 Å². The van der Waals surface area contributed by atoms with Crippen LogP contribution in [-0.4, -0.2) is 27.6 Å². The minimum atomic E-state index is -0.641. The van der Waals surface area contributed by atoms with Crippen molar-refractivity contribution in [1.29, 1.82) is 0 Å². The van der Waals surface area contributed by atoms with Crippen molar-refractivity contribution >= 4 is 17.5 Å². The zero-order valence-corrected chi connectivity index (χ0v) is 16.3. The summed E-state index contributed by atoms with van der Waals surface area (Å²) in [5, 5.41) is 10.1. The van der Waals surface area contributed by atoms with Gasteiger partial charge < -0.3 is 10.6 Å². The summed E-state index contributed by atoms with van der Waals surface area (Å²) in [6.07, 6.45) is 0.174. The number of anilines is 1. The number of rotatable bonds is 6. The summed E-state index contributed by atoms with van der Waals surface area (Å²) in [5.41, 5.74) is 4.24. The van der Waals surface area contributed by atoms with E-state index in [0.717, 1.165) is 22.6 Å². The van der Waals surface area contributed by atoms with Crippen LogP contribution in [0.15, 0.2) is 60.7 Å². The predicted octanol–water partition coefficient (Wildman–Crippen LogP) is 3.18. The second-order valence-corrected chi connectivity index (χ2v) is 6.72. The van der Waals surface area contributed by atoms with E-state index in [1.807, 2.05) is 67.1 Å². The van der Waals surface area contributed by atoms with Gasteiger partial charge in [-0.1, -0.05) is 36.4 Å². The Morgan fingerprint density at radius 1 is 1.00 bits per heavy atom. The molecular formula is C22H24N4O2. The van der Waals surface area contributed by atoms with Crippen LogP contribution in [-0.2, 0) is 16.0 Å². The molecule has 1 atom stereocenters. The second kappa shape index (κ2) is 8.52. The van der Waals surface area contributed by atoms with Crippen LogP contribution < -0.4 is 10.6 Å². The fourth-order valence-corrected chi connectivity index (χ4v) is 3.04. The maximum atomic E-state index is 12.5. The molecule has 0 aliphatic rings. The van der Waals surface area contributed by atoms with Gasteiger partial charge in [-0.2, -0.15) is 5.10 Å². The Hall–Kier alpha value is -3.41. The summed E-state index contributed by atoms with van der Waals surface area (Å²) in [6.45, 7) is 5.50. The van der Waals surface area contributed by atoms with Gasteiger partial charge in [0.1, 0.15) is 6.04 Å². The smallest absolute Gasteiger partial charge is 0.246 e. The lowest BCUT2D eigenvalue weighted by molar-refractivity contribution is -0.125. The Morgan fingerprint density at radius 2 is 1.61 bits per heavy atom. The van der Waals surface area contributed by atoms with Gasteiger partial charge >= 0.3 is 0 Å². The van der Waals surface area contributed by atoms with Gasteiger partial charge in [0.15, 0.2) is 0 Å². The highest BCUT2D eigenvalue weighted by atomic mass is 16.2. The summed E-state index contributed by atoms with van der Waals surface area (Å²) < 4.78 is 1.84. The van der Waals surface area contributed by atoms with E-state index < -0.39 is 6.04 Å². The van der Waals surface area contributed by atoms with Crippen molar-refractivity contribution in [3.05, 3.63) is 77.6 Å². The normalized spacial score (nSPS) is 11.7. The average molecular weight is 376 g/mol. The second-order valence-electron chi connectivity index (χ2n) is 6.72. The molecule has 2 amide bonds. The number of nitrogens with zero attached hydrogens (tertiary/aromatic N) is 2. The number of hydrogen-bond acceptors (Lipinski definition) is 3. The molecule has 0 fully saturated rings. The van der Waals surface area contributed by atoms with Crippen LogP contribution >= 0.6 is 0 Å². The van der Waals surface area contributed by atoms with E-state index in [1.165, 1.54) is 0 Å². The minimum Gasteiger partial charge on any atom is -0.344 e. The van der Waals surface area contributed by atoms with Crippen molar-refractivity contribution in [1.82, 2.24) is 15.1 Å². The van der Waals surface area contributed by atoms with Gasteiger partial charge in [-0.25, -0.2) is 4.68 Å². The van der Waals surface area contributed by atoms with Gasteiger partial charge in [0.05, 0.1) is 17.8 Å². The number of hydrogen-bond donors (Lipinski definition) is 2. The van der Waals surface area contributed by atoms with Gasteiger partial charge in [0.2, 0.25) is 11.8 Å². The molecule has 0 spiro atoms. The molecule has 0 saturated heterocycles. The fourth-order valence-electron chi connectivity index (χ4n) is 3.04. The maximum Gasteiger partial charge on any atom is 0.246 e. The van der Waals surface area contributed by atoms with E-state index in [2.05, 4.69) is 15.7 Å². The number of aromatic nitrogens is 2. The largest absolute Gasteiger partial charge is 0.344 e. The SMILES string of the molecule is Cc1nn(-c2ccccc2)c(C)c1CC(=O)NC(C)C(=O)Nc1ccccc1. The summed E-state index contributed by atoms with van der Waals surface area (Å²) in [5.74, 6) is -0.470. The predicted molar refractivity (Wildman–Crippen MR) is 109 cm³/mol. The van der Waals surface area contributed by atoms with Crippen LogP contribution in [0.4, 0.5) is 5.69 Å². The molecule has 2 N–H and O–H groups in total. The van der Waals surface area contributed by atoms with Crippen LogP contribution in [0.5, 0.6) is 0 Å². The molecular weight excluding hydrogens is 352 g/mol. The lowest BCUT2D eigenvalue weighted by Gasteiger charge is -2.14. The highest BCUT2D eigenvalue weighted by molar-refractivity contribution is 5.97. The van der Waals surface area contributed by atoms with E-state index in [4.69, 9.17) is 0 Å². The van der Waals surface area contributed by atoms with Crippen LogP contribution in [0, 0.1) is 13.8 Å². The molecule has 3 rings (SSSR count). The zero-order chi connectivity index (χ0) is 20.1. The third-order valence-electron chi connectivity index (χ3n) is 4.59. The molecule has 2 aromatic carbocycles. The van der Waals surface area contributed by atoms with Gasteiger partial charge in [-0.3, -0.25) is 9.59 Å². The molecule has 6 nitrogen and oxygen atoms in total. The first-order valence-corrected chi connectivity index (χ1v) is 9.21. The number of benzene rings is 2. The van der Waals surface area contributed by atoms with E-state index >= 15 is 0 Å². The summed E-state index contributed by atoms with van der Waals surface area (Å²) in [6, 6.07) is 18.3. The number of carbonyl (C=O) groups excluding carboxylic acids is 2. The third kappa shape index (κ3) is 4.46. The molecule has 1 heterocycles. The molecule has 1 aromatic heterocycles. The zero-order valence-electron chi connectivity index (χ0n) is 16.3. The number of carbonyl (C=O) groups is 2. The van der Waals surface area contributed by atoms with Crippen molar-refractivity contribution in [2.75, 3.05) is 5.32 Å². The number of nitrogens with one attached hydrogen (secondary N) is 2. The molecule has 144 valence electrons. The Bertz CT molecular complexity index is 965. The van der Waals surface area contributed by atoms with Gasteiger partial charge in [-0.05, 0) is 45.0 Å². The van der Waals surface area contributed by atoms with Crippen LogP contribution in [0.2, 0.25) is 0 Å². The molecule has 1 unspecified atom stereocenters. The Morgan fingerprint density at radius 3 is 2.25 bits per heavy atom. The molecule has 3 aromatic rings. The molecule has 0 aliphatic heterocycles. The van der Waals surface area contributed by atoms with E-state index in [9.17, 15) is 9.59 Å². The monoisotopic (exact) mass is 376 g/mol. The van der Waals surface area contributed by atoms with E-state index in [0.29, 0.717) is 5.69 Å². The summed E-state index contributed by atoms with van der Waals surface area (Å²) in [7, 11) is 0. The summed E-state index contributed by atoms with van der Waals surface area (Å²) >= 11 is 0. The number of amides is 2. The molecule has 6 heteroatoms. The Kier molecular flexibility index (Phi) is 5.89. The van der Waals surface area contributed by atoms with Crippen molar-refractivity contribution in [3.8, 4) is 5.69 Å². The standard InChI is InChI=1S/C22H24N4O2/c1-15-20(17(3)26(25-15)19-12-8-5-9-13-19)14-21(27)23-16(2)22(28)24-18-10-6-4-7-11-18/h4-13,16H,14H2,1-3H3,(H,23,27)(H,24,28). The average Bonchev–Trinajstić information content (AvgIpc) is 2.97. The van der Waals surface area contributed by atoms with Crippen LogP contribution in [0.25, 0.3) is 5.69 Å². The van der Waals surface area contributed by atoms with Gasteiger partial charge in [0, 0.05) is 16.9 Å². The third-order valence-corrected chi connectivity index (χ3v) is 4.59. The number of para-hydroxylation sites is 2. The molecule has 0 bridgehead atoms. The Labute approximate surface area is 164 Å². The first kappa shape index (κ1) is 19.4. The van der Waals surface area contributed by atoms with Gasteiger partial charge in [0.25, 0.3) is 0 Å². The Balaban J connectivity index is 1.65. The van der Waals surface area contributed by atoms with Crippen molar-refractivity contribution in [2.45, 2.75) is 33.2 Å². The van der Waals surface area contributed by atoms with Crippen LogP contribution in [0.1, 0.15) is 23.9 Å². The number of aryl methyl sites for hydroxylation is 1. The van der Waals surface area contributed by atoms with Crippen molar-refractivity contribution in [3.63, 3.8) is 0 Å². The first-order chi connectivity index (χ1) is 13.5. The lowest BCUT2D eigenvalue weighted by Crippen LogP contribution is -2.42. The van der Waals surface area contributed by atoms with E-state index in [-0.39, 0.29) is 18.2 Å². The van der Waals surface area contributed by atoms with Crippen molar-refractivity contribution in [2.24, 2.45) is 0 Å². The highest BCUT2D eigenvalue weighted by Gasteiger charge is 2.19. The van der Waals surface area contributed by atoms with E-state index in [1.54, 1.807) is 19.1 Å². The lowest BCUT2D eigenvalue weighted by atomic mass is 10.1. The van der Waals surface area contributed by atoms with Crippen molar-refractivity contribution < 1.29 is 9.59 Å².